The maximum atomic E-state index is 5.34. The van der Waals surface area contributed by atoms with Gasteiger partial charge in [0, 0.05) is 23.7 Å². The summed E-state index contributed by atoms with van der Waals surface area (Å²) in [5, 5.41) is 7.35. The third-order valence-electron chi connectivity index (χ3n) is 3.25. The average molecular weight is 324 g/mol. The van der Waals surface area contributed by atoms with Crippen molar-refractivity contribution in [3.8, 4) is 11.4 Å². The topological polar surface area (TPSA) is 60.2 Å². The van der Waals surface area contributed by atoms with Crippen molar-refractivity contribution in [2.45, 2.75) is 18.6 Å². The van der Waals surface area contributed by atoms with E-state index in [2.05, 4.69) is 31.4 Å². The minimum Gasteiger partial charge on any atom is -0.380 e. The Morgan fingerprint density at radius 3 is 3.11 bits per heavy atom. The lowest BCUT2D eigenvalue weighted by Crippen LogP contribution is -2.16. The number of nitrogens with zero attached hydrogens (tertiary/aromatic N) is 2. The molecule has 1 fully saturated rings. The molecule has 2 heterocycles. The molecule has 1 aliphatic heterocycles. The standard InChI is InChI=1S/C13H14BrN3O2/c1-18-10-6-11(15-7-10)13-16-12(17-19-13)8-3-2-4-9(14)5-8/h2-5,10-11,15H,6-7H2,1H3/t10-,11+/m0/s1. The molecule has 19 heavy (non-hydrogen) atoms. The molecule has 0 amide bonds. The summed E-state index contributed by atoms with van der Waals surface area (Å²) in [6, 6.07) is 7.92. The summed E-state index contributed by atoms with van der Waals surface area (Å²) < 4.78 is 11.6. The Hall–Kier alpha value is -1.24. The molecule has 0 unspecified atom stereocenters. The van der Waals surface area contributed by atoms with Gasteiger partial charge >= 0.3 is 0 Å². The van der Waals surface area contributed by atoms with Crippen molar-refractivity contribution in [1.82, 2.24) is 15.5 Å². The summed E-state index contributed by atoms with van der Waals surface area (Å²) in [7, 11) is 1.72. The van der Waals surface area contributed by atoms with Crippen molar-refractivity contribution in [1.29, 1.82) is 0 Å². The van der Waals surface area contributed by atoms with E-state index in [9.17, 15) is 0 Å². The van der Waals surface area contributed by atoms with E-state index in [-0.39, 0.29) is 12.1 Å². The lowest BCUT2D eigenvalue weighted by Gasteiger charge is -2.04. The molecule has 1 aromatic heterocycles. The van der Waals surface area contributed by atoms with Gasteiger partial charge in [-0.3, -0.25) is 0 Å². The summed E-state index contributed by atoms with van der Waals surface area (Å²) in [6.07, 6.45) is 1.07. The number of methoxy groups -OCH3 is 1. The molecule has 0 saturated carbocycles. The maximum absolute atomic E-state index is 5.34. The molecule has 1 N–H and O–H groups in total. The van der Waals surface area contributed by atoms with Crippen LogP contribution < -0.4 is 5.32 Å². The van der Waals surface area contributed by atoms with Crippen molar-refractivity contribution in [2.75, 3.05) is 13.7 Å². The molecular formula is C13H14BrN3O2. The predicted molar refractivity (Wildman–Crippen MR) is 73.6 cm³/mol. The zero-order chi connectivity index (χ0) is 13.2. The second-order valence-electron chi connectivity index (χ2n) is 4.52. The molecule has 3 rings (SSSR count). The van der Waals surface area contributed by atoms with Crippen molar-refractivity contribution in [2.24, 2.45) is 0 Å². The second-order valence-corrected chi connectivity index (χ2v) is 5.44. The first-order valence-corrected chi connectivity index (χ1v) is 6.91. The van der Waals surface area contributed by atoms with Crippen LogP contribution in [0.4, 0.5) is 0 Å². The number of hydrogen-bond donors (Lipinski definition) is 1. The normalized spacial score (nSPS) is 22.8. The van der Waals surface area contributed by atoms with Crippen LogP contribution in [0.5, 0.6) is 0 Å². The number of benzene rings is 1. The van der Waals surface area contributed by atoms with Gasteiger partial charge < -0.3 is 14.6 Å². The van der Waals surface area contributed by atoms with E-state index >= 15 is 0 Å². The van der Waals surface area contributed by atoms with Gasteiger partial charge in [0.15, 0.2) is 0 Å². The Labute approximate surface area is 119 Å². The Bertz CT molecular complexity index is 573. The number of ether oxygens (including phenoxy) is 1. The van der Waals surface area contributed by atoms with Gasteiger partial charge in [-0.05, 0) is 18.6 Å². The van der Waals surface area contributed by atoms with Crippen molar-refractivity contribution >= 4 is 15.9 Å². The number of aromatic nitrogens is 2. The second kappa shape index (κ2) is 5.40. The quantitative estimate of drug-likeness (QED) is 0.940. The molecule has 0 radical (unpaired) electrons. The fourth-order valence-corrected chi connectivity index (χ4v) is 2.59. The lowest BCUT2D eigenvalue weighted by molar-refractivity contribution is 0.116. The molecule has 6 heteroatoms. The molecule has 2 atom stereocenters. The van der Waals surface area contributed by atoms with Crippen molar-refractivity contribution < 1.29 is 9.26 Å². The smallest absolute Gasteiger partial charge is 0.244 e. The SMILES string of the molecule is CO[C@@H]1CN[C@@H](c2nc(-c3cccc(Br)c3)no2)C1. The minimum atomic E-state index is 0.0818. The van der Waals surface area contributed by atoms with Crippen LogP contribution in [0.3, 0.4) is 0 Å². The first-order valence-electron chi connectivity index (χ1n) is 6.12. The van der Waals surface area contributed by atoms with Gasteiger partial charge in [-0.25, -0.2) is 0 Å². The highest BCUT2D eigenvalue weighted by Gasteiger charge is 2.29. The third-order valence-corrected chi connectivity index (χ3v) is 3.74. The number of nitrogens with one attached hydrogen (secondary N) is 1. The zero-order valence-corrected chi connectivity index (χ0v) is 12.1. The summed E-state index contributed by atoms with van der Waals surface area (Å²) in [4.78, 5) is 4.46. The van der Waals surface area contributed by atoms with E-state index in [0.717, 1.165) is 23.0 Å². The average Bonchev–Trinajstić information content (AvgIpc) is 3.07. The van der Waals surface area contributed by atoms with Crippen LogP contribution in [0.15, 0.2) is 33.3 Å². The Kier molecular flexibility index (Phi) is 3.63. The van der Waals surface area contributed by atoms with Gasteiger partial charge in [-0.2, -0.15) is 4.98 Å². The molecule has 0 spiro atoms. The Morgan fingerprint density at radius 2 is 2.37 bits per heavy atom. The van der Waals surface area contributed by atoms with Crippen LogP contribution in [0.25, 0.3) is 11.4 Å². The molecule has 1 aliphatic rings. The van der Waals surface area contributed by atoms with Crippen LogP contribution in [-0.2, 0) is 4.74 Å². The maximum Gasteiger partial charge on any atom is 0.244 e. The van der Waals surface area contributed by atoms with Crippen LogP contribution >= 0.6 is 15.9 Å². The zero-order valence-electron chi connectivity index (χ0n) is 10.5. The lowest BCUT2D eigenvalue weighted by atomic mass is 10.2. The highest BCUT2D eigenvalue weighted by molar-refractivity contribution is 9.10. The number of hydrogen-bond acceptors (Lipinski definition) is 5. The molecule has 5 nitrogen and oxygen atoms in total. The van der Waals surface area contributed by atoms with E-state index in [1.807, 2.05) is 24.3 Å². The minimum absolute atomic E-state index is 0.0818. The van der Waals surface area contributed by atoms with Crippen LogP contribution in [-0.4, -0.2) is 29.9 Å². The third kappa shape index (κ3) is 2.70. The van der Waals surface area contributed by atoms with Gasteiger partial charge in [-0.1, -0.05) is 33.2 Å². The van der Waals surface area contributed by atoms with E-state index in [1.165, 1.54) is 0 Å². The first kappa shape index (κ1) is 12.8. The molecule has 0 bridgehead atoms. The summed E-state index contributed by atoms with van der Waals surface area (Å²) >= 11 is 3.43. The molecule has 0 aliphatic carbocycles. The first-order chi connectivity index (χ1) is 9.26. The van der Waals surface area contributed by atoms with Crippen LogP contribution in [0, 0.1) is 0 Å². The van der Waals surface area contributed by atoms with E-state index in [0.29, 0.717) is 11.7 Å². The number of rotatable bonds is 3. The predicted octanol–water partition coefficient (Wildman–Crippen LogP) is 2.55. The van der Waals surface area contributed by atoms with E-state index in [1.54, 1.807) is 7.11 Å². The fourth-order valence-electron chi connectivity index (χ4n) is 2.19. The fraction of sp³-hybridized carbons (Fsp3) is 0.385. The monoisotopic (exact) mass is 323 g/mol. The Balaban J connectivity index is 1.80. The summed E-state index contributed by atoms with van der Waals surface area (Å²) in [5.41, 5.74) is 0.936. The largest absolute Gasteiger partial charge is 0.380 e. The van der Waals surface area contributed by atoms with Gasteiger partial charge in [0.1, 0.15) is 0 Å². The molecule has 100 valence electrons. The van der Waals surface area contributed by atoms with Gasteiger partial charge in [0.2, 0.25) is 11.7 Å². The highest BCUT2D eigenvalue weighted by Crippen LogP contribution is 2.26. The van der Waals surface area contributed by atoms with Crippen molar-refractivity contribution in [3.05, 3.63) is 34.6 Å². The van der Waals surface area contributed by atoms with E-state index in [4.69, 9.17) is 9.26 Å². The van der Waals surface area contributed by atoms with Crippen molar-refractivity contribution in [3.63, 3.8) is 0 Å². The molecular weight excluding hydrogens is 310 g/mol. The van der Waals surface area contributed by atoms with E-state index < -0.39 is 0 Å². The van der Waals surface area contributed by atoms with Gasteiger partial charge in [-0.15, -0.1) is 0 Å². The summed E-state index contributed by atoms with van der Waals surface area (Å²) in [6.45, 7) is 0.815. The van der Waals surface area contributed by atoms with Gasteiger partial charge in [0.05, 0.1) is 12.1 Å². The number of halogens is 1. The van der Waals surface area contributed by atoms with Crippen LogP contribution in [0.2, 0.25) is 0 Å². The Morgan fingerprint density at radius 1 is 1.47 bits per heavy atom. The molecule has 1 aromatic carbocycles. The molecule has 2 aromatic rings. The highest BCUT2D eigenvalue weighted by atomic mass is 79.9. The molecule has 1 saturated heterocycles. The van der Waals surface area contributed by atoms with Crippen LogP contribution in [0.1, 0.15) is 18.4 Å². The van der Waals surface area contributed by atoms with Gasteiger partial charge in [0.25, 0.3) is 0 Å². The summed E-state index contributed by atoms with van der Waals surface area (Å²) in [5.74, 6) is 1.23.